The molecule has 0 aliphatic rings. The Balaban J connectivity index is 4.38. The average Bonchev–Trinajstić information content (AvgIpc) is 3.15. The molecule has 0 aromatic carbocycles. The summed E-state index contributed by atoms with van der Waals surface area (Å²) < 4.78 is 34.3. The zero-order chi connectivity index (χ0) is 41.4. The van der Waals surface area contributed by atoms with Crippen LogP contribution in [0.2, 0.25) is 0 Å². The quantitative estimate of drug-likeness (QED) is 0.0214. The van der Waals surface area contributed by atoms with Gasteiger partial charge in [-0.1, -0.05) is 166 Å². The second-order valence-corrected chi connectivity index (χ2v) is 17.9. The van der Waals surface area contributed by atoms with Gasteiger partial charge in [0, 0.05) is 12.8 Å². The van der Waals surface area contributed by atoms with Gasteiger partial charge in [0.15, 0.2) is 6.10 Å². The zero-order valence-electron chi connectivity index (χ0n) is 36.9. The SMILES string of the molecule is CCCCC/C=C\C/C=C\C/C=C\CCCCC(=O)OC[C@H](COP(=O)(O)OCC[N+](C)(C)C)OC(=O)CCCCCCCCCCCCCCCCCCC. The summed E-state index contributed by atoms with van der Waals surface area (Å²) in [7, 11) is 1.46. The number of carbonyl (C=O) groups excluding carboxylic acids is 2. The first-order valence-corrected chi connectivity index (χ1v) is 24.2. The molecule has 10 heteroatoms. The van der Waals surface area contributed by atoms with Crippen molar-refractivity contribution in [2.45, 2.75) is 200 Å². The van der Waals surface area contributed by atoms with Crippen molar-refractivity contribution in [2.24, 2.45) is 0 Å². The highest BCUT2D eigenvalue weighted by Crippen LogP contribution is 2.43. The number of phosphoric ester groups is 1. The van der Waals surface area contributed by atoms with Crippen molar-refractivity contribution >= 4 is 19.8 Å². The van der Waals surface area contributed by atoms with E-state index in [-0.39, 0.29) is 26.1 Å². The summed E-state index contributed by atoms with van der Waals surface area (Å²) in [4.78, 5) is 35.4. The van der Waals surface area contributed by atoms with E-state index in [1.54, 1.807) is 0 Å². The van der Waals surface area contributed by atoms with Crippen molar-refractivity contribution in [2.75, 3.05) is 47.5 Å². The highest BCUT2D eigenvalue weighted by atomic mass is 31.2. The lowest BCUT2D eigenvalue weighted by Crippen LogP contribution is -2.37. The molecule has 0 rings (SSSR count). The van der Waals surface area contributed by atoms with E-state index in [0.29, 0.717) is 23.9 Å². The molecule has 1 N–H and O–H groups in total. The van der Waals surface area contributed by atoms with Crippen molar-refractivity contribution in [3.05, 3.63) is 36.5 Å². The number of allylic oxidation sites excluding steroid dienone is 6. The molecular formula is C46H87NO8P+. The summed E-state index contributed by atoms with van der Waals surface area (Å²) in [5.74, 6) is -0.838. The number of likely N-dealkylation sites (N-methyl/N-ethyl adjacent to an activating group) is 1. The van der Waals surface area contributed by atoms with Gasteiger partial charge in [-0.25, -0.2) is 4.57 Å². The number of esters is 2. The molecule has 0 amide bonds. The first kappa shape index (κ1) is 54.2. The summed E-state index contributed by atoms with van der Waals surface area (Å²) in [6.45, 7) is 4.36. The molecule has 0 fully saturated rings. The molecule has 0 aliphatic heterocycles. The van der Waals surface area contributed by atoms with E-state index in [1.807, 2.05) is 21.1 Å². The molecule has 1 unspecified atom stereocenters. The average molecular weight is 813 g/mol. The van der Waals surface area contributed by atoms with Crippen LogP contribution in [-0.2, 0) is 32.7 Å². The van der Waals surface area contributed by atoms with E-state index in [1.165, 1.54) is 109 Å². The third-order valence-corrected chi connectivity index (χ3v) is 10.7. The molecule has 0 spiro atoms. The highest BCUT2D eigenvalue weighted by Gasteiger charge is 2.27. The predicted octanol–water partition coefficient (Wildman–Crippen LogP) is 12.9. The normalized spacial score (nSPS) is 13.9. The van der Waals surface area contributed by atoms with Gasteiger partial charge in [-0.3, -0.25) is 18.6 Å². The third kappa shape index (κ3) is 41.9. The van der Waals surface area contributed by atoms with E-state index < -0.39 is 32.5 Å². The van der Waals surface area contributed by atoms with Gasteiger partial charge in [-0.2, -0.15) is 0 Å². The van der Waals surface area contributed by atoms with Gasteiger partial charge in [-0.15, -0.1) is 0 Å². The van der Waals surface area contributed by atoms with Crippen molar-refractivity contribution < 1.29 is 42.1 Å². The lowest BCUT2D eigenvalue weighted by molar-refractivity contribution is -0.870. The van der Waals surface area contributed by atoms with Gasteiger partial charge in [-0.05, 0) is 51.4 Å². The molecule has 9 nitrogen and oxygen atoms in total. The summed E-state index contributed by atoms with van der Waals surface area (Å²) in [5.41, 5.74) is 0. The number of hydrogen-bond donors (Lipinski definition) is 1. The number of hydrogen-bond acceptors (Lipinski definition) is 7. The van der Waals surface area contributed by atoms with Crippen molar-refractivity contribution in [1.82, 2.24) is 0 Å². The smallest absolute Gasteiger partial charge is 0.462 e. The zero-order valence-corrected chi connectivity index (χ0v) is 37.8. The topological polar surface area (TPSA) is 108 Å². The van der Waals surface area contributed by atoms with Gasteiger partial charge in [0.1, 0.15) is 19.8 Å². The van der Waals surface area contributed by atoms with Crippen LogP contribution in [0.1, 0.15) is 194 Å². The van der Waals surface area contributed by atoms with E-state index in [2.05, 4.69) is 50.3 Å². The third-order valence-electron chi connectivity index (χ3n) is 9.67. The van der Waals surface area contributed by atoms with Gasteiger partial charge in [0.25, 0.3) is 0 Å². The Morgan fingerprint density at radius 2 is 0.964 bits per heavy atom. The minimum absolute atomic E-state index is 0.0266. The van der Waals surface area contributed by atoms with E-state index in [0.717, 1.165) is 44.9 Å². The van der Waals surface area contributed by atoms with Crippen LogP contribution in [0.3, 0.4) is 0 Å². The van der Waals surface area contributed by atoms with Gasteiger partial charge in [0.2, 0.25) is 0 Å². The van der Waals surface area contributed by atoms with Crippen molar-refractivity contribution in [3.8, 4) is 0 Å². The standard InChI is InChI=1S/C46H86NO8P/c1-6-8-10-12-14-16-18-20-22-23-25-27-29-31-33-35-37-39-46(49)55-44(43-54-56(50,51)53-41-40-47(3,4)5)42-52-45(48)38-36-34-32-30-28-26-24-21-19-17-15-13-11-9-7-2/h15,17,21,24,28,30,44H,6-14,16,18-20,22-23,25-27,29,31-43H2,1-5H3/p+1/b17-15-,24-21-,30-28-/t44-/m1/s1. The molecule has 2 atom stereocenters. The number of rotatable bonds is 41. The number of ether oxygens (including phenoxy) is 2. The fourth-order valence-corrected chi connectivity index (χ4v) is 6.82. The lowest BCUT2D eigenvalue weighted by atomic mass is 10.0. The Hall–Kier alpha value is -1.77. The molecule has 0 bridgehead atoms. The maximum absolute atomic E-state index is 12.7. The fraction of sp³-hybridized carbons (Fsp3) is 0.826. The Bertz CT molecular complexity index is 1050. The fourth-order valence-electron chi connectivity index (χ4n) is 6.08. The number of unbranched alkanes of at least 4 members (excludes halogenated alkanes) is 21. The molecule has 0 saturated carbocycles. The summed E-state index contributed by atoms with van der Waals surface area (Å²) in [5, 5.41) is 0. The first-order valence-electron chi connectivity index (χ1n) is 22.7. The summed E-state index contributed by atoms with van der Waals surface area (Å²) in [6.07, 6.45) is 43.3. The number of nitrogens with zero attached hydrogens (tertiary/aromatic N) is 1. The highest BCUT2D eigenvalue weighted by molar-refractivity contribution is 7.47. The number of carbonyl (C=O) groups is 2. The van der Waals surface area contributed by atoms with Crippen LogP contribution in [-0.4, -0.2) is 74.9 Å². The molecule has 0 heterocycles. The Kier molecular flexibility index (Phi) is 37.5. The molecule has 328 valence electrons. The Morgan fingerprint density at radius 3 is 1.46 bits per heavy atom. The Morgan fingerprint density at radius 1 is 0.554 bits per heavy atom. The molecule has 0 saturated heterocycles. The molecule has 0 aliphatic carbocycles. The molecule has 0 radical (unpaired) electrons. The largest absolute Gasteiger partial charge is 0.472 e. The number of quaternary nitrogens is 1. The van der Waals surface area contributed by atoms with Crippen molar-refractivity contribution in [3.63, 3.8) is 0 Å². The van der Waals surface area contributed by atoms with E-state index >= 15 is 0 Å². The predicted molar refractivity (Wildman–Crippen MR) is 234 cm³/mol. The minimum atomic E-state index is -4.38. The molecule has 0 aromatic heterocycles. The van der Waals surface area contributed by atoms with Crippen LogP contribution >= 0.6 is 7.82 Å². The molecule has 56 heavy (non-hydrogen) atoms. The van der Waals surface area contributed by atoms with Crippen LogP contribution in [0.4, 0.5) is 0 Å². The van der Waals surface area contributed by atoms with Gasteiger partial charge < -0.3 is 18.9 Å². The summed E-state index contributed by atoms with van der Waals surface area (Å²) in [6, 6.07) is 0. The van der Waals surface area contributed by atoms with Gasteiger partial charge >= 0.3 is 19.8 Å². The van der Waals surface area contributed by atoms with Crippen LogP contribution < -0.4 is 0 Å². The van der Waals surface area contributed by atoms with Crippen LogP contribution in [0.15, 0.2) is 36.5 Å². The maximum atomic E-state index is 12.7. The van der Waals surface area contributed by atoms with E-state index in [9.17, 15) is 19.0 Å². The number of phosphoric acid groups is 1. The molecular weight excluding hydrogens is 725 g/mol. The lowest BCUT2D eigenvalue weighted by Gasteiger charge is -2.24. The second-order valence-electron chi connectivity index (χ2n) is 16.4. The first-order chi connectivity index (χ1) is 27.0. The van der Waals surface area contributed by atoms with Crippen LogP contribution in [0.25, 0.3) is 0 Å². The molecule has 0 aromatic rings. The van der Waals surface area contributed by atoms with Gasteiger partial charge in [0.05, 0.1) is 27.7 Å². The minimum Gasteiger partial charge on any atom is -0.462 e. The van der Waals surface area contributed by atoms with Crippen LogP contribution in [0, 0.1) is 0 Å². The van der Waals surface area contributed by atoms with Crippen LogP contribution in [0.5, 0.6) is 0 Å². The second kappa shape index (κ2) is 38.7. The van der Waals surface area contributed by atoms with Crippen molar-refractivity contribution in [1.29, 1.82) is 0 Å². The Labute approximate surface area is 344 Å². The maximum Gasteiger partial charge on any atom is 0.472 e. The monoisotopic (exact) mass is 813 g/mol. The summed E-state index contributed by atoms with van der Waals surface area (Å²) >= 11 is 0. The van der Waals surface area contributed by atoms with E-state index in [4.69, 9.17) is 18.5 Å².